The van der Waals surface area contributed by atoms with Crippen LogP contribution in [0.4, 0.5) is 5.69 Å². The predicted molar refractivity (Wildman–Crippen MR) is 138 cm³/mol. The van der Waals surface area contributed by atoms with E-state index in [2.05, 4.69) is 36.2 Å². The lowest BCUT2D eigenvalue weighted by Crippen LogP contribution is -2.48. The topological polar surface area (TPSA) is 79.0 Å². The van der Waals surface area contributed by atoms with Crippen LogP contribution in [0.3, 0.4) is 0 Å². The molecule has 7 nitrogen and oxygen atoms in total. The molecule has 0 bridgehead atoms. The Kier molecular flexibility index (Phi) is 8.02. The number of ether oxygens (including phenoxy) is 1. The molecule has 4 rings (SSSR count). The van der Waals surface area contributed by atoms with Gasteiger partial charge in [0.1, 0.15) is 5.75 Å². The number of piperidine rings is 2. The first kappa shape index (κ1) is 25.5. The van der Waals surface area contributed by atoms with Crippen molar-refractivity contribution in [1.82, 2.24) is 9.62 Å². The van der Waals surface area contributed by atoms with Crippen LogP contribution in [0, 0.1) is 5.92 Å². The molecule has 0 saturated carbocycles. The maximum atomic E-state index is 13.1. The molecule has 2 heterocycles. The van der Waals surface area contributed by atoms with Crippen molar-refractivity contribution in [2.24, 2.45) is 5.92 Å². The maximum absolute atomic E-state index is 13.1. The molecular formula is C27H37N3O4S. The van der Waals surface area contributed by atoms with Gasteiger partial charge in [0.2, 0.25) is 15.9 Å². The number of hydrogen-bond acceptors (Lipinski definition) is 5. The smallest absolute Gasteiger partial charge is 0.243 e. The maximum Gasteiger partial charge on any atom is 0.243 e. The normalized spacial score (nSPS) is 18.6. The Balaban J connectivity index is 1.25. The molecular weight excluding hydrogens is 462 g/mol. The summed E-state index contributed by atoms with van der Waals surface area (Å²) in [6.07, 6.45) is 2.91. The number of carbonyl (C=O) groups is 1. The van der Waals surface area contributed by atoms with Crippen LogP contribution < -0.4 is 15.0 Å². The lowest BCUT2D eigenvalue weighted by molar-refractivity contribution is -0.127. The van der Waals surface area contributed by atoms with Gasteiger partial charge in [-0.25, -0.2) is 8.42 Å². The summed E-state index contributed by atoms with van der Waals surface area (Å²) in [5.41, 5.74) is 2.29. The number of nitrogens with one attached hydrogen (secondary N) is 1. The number of sulfonamides is 1. The summed E-state index contributed by atoms with van der Waals surface area (Å²) in [4.78, 5) is 15.6. The third-order valence-corrected chi connectivity index (χ3v) is 9.20. The summed E-state index contributed by atoms with van der Waals surface area (Å²) >= 11 is 0. The molecule has 2 saturated heterocycles. The van der Waals surface area contributed by atoms with E-state index in [9.17, 15) is 13.2 Å². The van der Waals surface area contributed by atoms with Crippen molar-refractivity contribution in [3.05, 3.63) is 54.1 Å². The highest BCUT2D eigenvalue weighted by Crippen LogP contribution is 2.27. The van der Waals surface area contributed by atoms with Gasteiger partial charge in [-0.1, -0.05) is 26.0 Å². The highest BCUT2D eigenvalue weighted by atomic mass is 32.2. The quantitative estimate of drug-likeness (QED) is 0.623. The highest BCUT2D eigenvalue weighted by Gasteiger charge is 2.33. The van der Waals surface area contributed by atoms with Gasteiger partial charge < -0.3 is 15.0 Å². The molecule has 1 N–H and O–H groups in total. The predicted octanol–water partition coefficient (Wildman–Crippen LogP) is 4.00. The van der Waals surface area contributed by atoms with Crippen molar-refractivity contribution in [2.75, 3.05) is 38.2 Å². The number of anilines is 1. The summed E-state index contributed by atoms with van der Waals surface area (Å²) in [7, 11) is -1.87. The first-order valence-corrected chi connectivity index (χ1v) is 14.0. The zero-order valence-electron chi connectivity index (χ0n) is 20.9. The summed E-state index contributed by atoms with van der Waals surface area (Å²) in [6.45, 7) is 6.71. The van der Waals surface area contributed by atoms with Crippen LogP contribution in [-0.2, 0) is 14.8 Å². The van der Waals surface area contributed by atoms with Gasteiger partial charge in [0.05, 0.1) is 12.0 Å². The van der Waals surface area contributed by atoms with Gasteiger partial charge in [0, 0.05) is 43.8 Å². The molecule has 2 aliphatic heterocycles. The van der Waals surface area contributed by atoms with E-state index in [0.717, 1.165) is 37.2 Å². The number of hydrogen-bond donors (Lipinski definition) is 1. The molecule has 35 heavy (non-hydrogen) atoms. The minimum Gasteiger partial charge on any atom is -0.497 e. The number of carbonyl (C=O) groups excluding carboxylic acids is 1. The number of rotatable bonds is 7. The summed E-state index contributed by atoms with van der Waals surface area (Å²) in [6, 6.07) is 15.4. The molecule has 0 spiro atoms. The number of amides is 1. The van der Waals surface area contributed by atoms with Crippen LogP contribution in [0.2, 0.25) is 0 Å². The SMILES string of the molecule is COc1ccc(N2CCC(NC(=O)C3CCN(S(=O)(=O)c4ccc(C(C)C)cc4)CC3)CC2)cc1. The van der Waals surface area contributed by atoms with Gasteiger partial charge >= 0.3 is 0 Å². The zero-order chi connectivity index (χ0) is 25.0. The third kappa shape index (κ3) is 5.98. The Bertz CT molecular complexity index is 1080. The Morgan fingerprint density at radius 3 is 2.06 bits per heavy atom. The fraction of sp³-hybridized carbons (Fsp3) is 0.519. The molecule has 0 aromatic heterocycles. The van der Waals surface area contributed by atoms with Gasteiger partial charge in [0.15, 0.2) is 0 Å². The number of benzene rings is 2. The van der Waals surface area contributed by atoms with Crippen molar-refractivity contribution in [3.8, 4) is 5.75 Å². The van der Waals surface area contributed by atoms with E-state index in [-0.39, 0.29) is 17.9 Å². The minimum absolute atomic E-state index is 0.0613. The van der Waals surface area contributed by atoms with Crippen LogP contribution in [-0.4, -0.2) is 58.0 Å². The lowest BCUT2D eigenvalue weighted by Gasteiger charge is -2.35. The van der Waals surface area contributed by atoms with Gasteiger partial charge in [-0.3, -0.25) is 4.79 Å². The molecule has 2 fully saturated rings. The fourth-order valence-corrected chi connectivity index (χ4v) is 6.40. The van der Waals surface area contributed by atoms with E-state index < -0.39 is 10.0 Å². The largest absolute Gasteiger partial charge is 0.497 e. The Morgan fingerprint density at radius 2 is 1.51 bits per heavy atom. The molecule has 0 radical (unpaired) electrons. The Hall–Kier alpha value is -2.58. The summed E-state index contributed by atoms with van der Waals surface area (Å²) in [5.74, 6) is 1.13. The fourth-order valence-electron chi connectivity index (χ4n) is 4.93. The molecule has 2 aromatic rings. The highest BCUT2D eigenvalue weighted by molar-refractivity contribution is 7.89. The van der Waals surface area contributed by atoms with Crippen LogP contribution in [0.5, 0.6) is 5.75 Å². The Morgan fingerprint density at radius 1 is 0.914 bits per heavy atom. The van der Waals surface area contributed by atoms with Crippen molar-refractivity contribution < 1.29 is 17.9 Å². The third-order valence-electron chi connectivity index (χ3n) is 7.29. The first-order valence-electron chi connectivity index (χ1n) is 12.6. The van der Waals surface area contributed by atoms with Gasteiger partial charge in [-0.2, -0.15) is 4.31 Å². The van der Waals surface area contributed by atoms with E-state index in [1.807, 2.05) is 24.3 Å². The van der Waals surface area contributed by atoms with Crippen LogP contribution in [0.15, 0.2) is 53.4 Å². The average molecular weight is 500 g/mol. The summed E-state index contributed by atoms with van der Waals surface area (Å²) < 4.78 is 32.9. The Labute approximate surface area is 209 Å². The van der Waals surface area contributed by atoms with Crippen LogP contribution >= 0.6 is 0 Å². The van der Waals surface area contributed by atoms with E-state index >= 15 is 0 Å². The molecule has 0 unspecified atom stereocenters. The van der Waals surface area contributed by atoms with E-state index in [4.69, 9.17) is 4.74 Å². The molecule has 0 aliphatic carbocycles. The van der Waals surface area contributed by atoms with Crippen LogP contribution in [0.1, 0.15) is 51.0 Å². The second-order valence-electron chi connectivity index (χ2n) is 9.87. The molecule has 2 aromatic carbocycles. The van der Waals surface area contributed by atoms with E-state index in [0.29, 0.717) is 36.7 Å². The minimum atomic E-state index is -3.53. The molecule has 0 atom stereocenters. The molecule has 2 aliphatic rings. The van der Waals surface area contributed by atoms with Crippen molar-refractivity contribution >= 4 is 21.6 Å². The van der Waals surface area contributed by atoms with Crippen LogP contribution in [0.25, 0.3) is 0 Å². The van der Waals surface area contributed by atoms with Gasteiger partial charge in [-0.15, -0.1) is 0 Å². The molecule has 1 amide bonds. The standard InChI is InChI=1S/C27H37N3O4S/c1-20(2)21-4-10-26(11-5-21)35(32,33)30-18-12-22(13-19-30)27(31)28-23-14-16-29(17-15-23)24-6-8-25(34-3)9-7-24/h4-11,20,22-23H,12-19H2,1-3H3,(H,28,31). The van der Waals surface area contributed by atoms with Crippen molar-refractivity contribution in [3.63, 3.8) is 0 Å². The van der Waals surface area contributed by atoms with Gasteiger partial charge in [-0.05, 0) is 73.6 Å². The zero-order valence-corrected chi connectivity index (χ0v) is 21.8. The monoisotopic (exact) mass is 499 g/mol. The molecule has 190 valence electrons. The number of methoxy groups -OCH3 is 1. The molecule has 8 heteroatoms. The van der Waals surface area contributed by atoms with Crippen molar-refractivity contribution in [2.45, 2.75) is 56.4 Å². The second-order valence-corrected chi connectivity index (χ2v) is 11.8. The van der Waals surface area contributed by atoms with Gasteiger partial charge in [0.25, 0.3) is 0 Å². The van der Waals surface area contributed by atoms with Crippen molar-refractivity contribution in [1.29, 1.82) is 0 Å². The second kappa shape index (κ2) is 11.0. The average Bonchev–Trinajstić information content (AvgIpc) is 2.89. The van der Waals surface area contributed by atoms with E-state index in [1.54, 1.807) is 19.2 Å². The van der Waals surface area contributed by atoms with E-state index in [1.165, 1.54) is 9.99 Å². The lowest BCUT2D eigenvalue weighted by atomic mass is 9.95. The summed E-state index contributed by atoms with van der Waals surface area (Å²) in [5, 5.41) is 3.23. The first-order chi connectivity index (χ1) is 16.8. The number of nitrogens with zero attached hydrogens (tertiary/aromatic N) is 2.